The van der Waals surface area contributed by atoms with E-state index in [0.717, 1.165) is 6.42 Å². The maximum Gasteiger partial charge on any atom is 0.317 e. The zero-order valence-corrected chi connectivity index (χ0v) is 11.7. The fourth-order valence-corrected chi connectivity index (χ4v) is 2.10. The summed E-state index contributed by atoms with van der Waals surface area (Å²) < 4.78 is 0. The highest BCUT2D eigenvalue weighted by Gasteiger charge is 2.26. The summed E-state index contributed by atoms with van der Waals surface area (Å²) in [4.78, 5) is 24.2. The highest BCUT2D eigenvalue weighted by Crippen LogP contribution is 2.21. The number of carbonyl (C=O) groups excluding carboxylic acids is 1. The number of urea groups is 1. The molecule has 2 atom stereocenters. The maximum absolute atomic E-state index is 11.9. The Hall–Kier alpha value is -1.30. The third-order valence-electron chi connectivity index (χ3n) is 3.63. The molecule has 0 aromatic heterocycles. The van der Waals surface area contributed by atoms with Gasteiger partial charge in [0.15, 0.2) is 0 Å². The van der Waals surface area contributed by atoms with Crippen molar-refractivity contribution < 1.29 is 19.8 Å². The Labute approximate surface area is 113 Å². The lowest BCUT2D eigenvalue weighted by Gasteiger charge is -2.23. The predicted molar refractivity (Wildman–Crippen MR) is 70.9 cm³/mol. The molecular formula is C13H24N2O4. The Bertz CT molecular complexity index is 331. The number of aliphatic hydroxyl groups is 1. The minimum absolute atomic E-state index is 0.171. The molecule has 0 bridgehead atoms. The van der Waals surface area contributed by atoms with Gasteiger partial charge in [-0.05, 0) is 32.6 Å². The lowest BCUT2D eigenvalue weighted by Crippen LogP contribution is -2.41. The summed E-state index contributed by atoms with van der Waals surface area (Å²) in [5.41, 5.74) is -0.688. The molecular weight excluding hydrogens is 248 g/mol. The summed E-state index contributed by atoms with van der Waals surface area (Å²) in [7, 11) is 0. The number of nitrogens with one attached hydrogen (secondary N) is 1. The van der Waals surface area contributed by atoms with Gasteiger partial charge in [-0.3, -0.25) is 4.79 Å². The zero-order valence-electron chi connectivity index (χ0n) is 11.7. The third kappa shape index (κ3) is 5.46. The van der Waals surface area contributed by atoms with Gasteiger partial charge in [-0.1, -0.05) is 6.92 Å². The van der Waals surface area contributed by atoms with Gasteiger partial charge in [-0.2, -0.15) is 0 Å². The second-order valence-corrected chi connectivity index (χ2v) is 5.60. The maximum atomic E-state index is 11.9. The molecule has 2 unspecified atom stereocenters. The minimum Gasteiger partial charge on any atom is -0.481 e. The van der Waals surface area contributed by atoms with E-state index in [4.69, 9.17) is 5.11 Å². The number of amides is 2. The summed E-state index contributed by atoms with van der Waals surface area (Å²) in [5.74, 6) is -1.30. The van der Waals surface area contributed by atoms with Gasteiger partial charge in [0.1, 0.15) is 0 Å². The summed E-state index contributed by atoms with van der Waals surface area (Å²) in [6.45, 7) is 4.95. The largest absolute Gasteiger partial charge is 0.481 e. The third-order valence-corrected chi connectivity index (χ3v) is 3.63. The topological polar surface area (TPSA) is 89.9 Å². The average Bonchev–Trinajstić information content (AvgIpc) is 2.49. The Kier molecular flexibility index (Phi) is 5.60. The SMILES string of the molecule is CC(CCNC(=O)N1CCCC(C)(O)CC1)C(=O)O. The first-order valence-corrected chi connectivity index (χ1v) is 6.80. The van der Waals surface area contributed by atoms with Crippen LogP contribution in [-0.2, 0) is 4.79 Å². The van der Waals surface area contributed by atoms with Crippen LogP contribution in [0.4, 0.5) is 4.79 Å². The van der Waals surface area contributed by atoms with Crippen molar-refractivity contribution in [1.82, 2.24) is 10.2 Å². The van der Waals surface area contributed by atoms with E-state index >= 15 is 0 Å². The van der Waals surface area contributed by atoms with Crippen LogP contribution in [0.5, 0.6) is 0 Å². The van der Waals surface area contributed by atoms with Gasteiger partial charge in [0.2, 0.25) is 0 Å². The quantitative estimate of drug-likeness (QED) is 0.713. The normalized spacial score (nSPS) is 25.5. The van der Waals surface area contributed by atoms with Crippen LogP contribution in [0, 0.1) is 5.92 Å². The molecule has 3 N–H and O–H groups in total. The molecule has 6 nitrogen and oxygen atoms in total. The van der Waals surface area contributed by atoms with Gasteiger partial charge < -0.3 is 20.4 Å². The summed E-state index contributed by atoms with van der Waals surface area (Å²) in [6.07, 6.45) is 2.48. The van der Waals surface area contributed by atoms with E-state index in [0.29, 0.717) is 38.9 Å². The molecule has 1 aliphatic heterocycles. The first-order chi connectivity index (χ1) is 8.82. The number of carbonyl (C=O) groups is 2. The Morgan fingerprint density at radius 1 is 1.37 bits per heavy atom. The molecule has 0 saturated carbocycles. The highest BCUT2D eigenvalue weighted by atomic mass is 16.4. The molecule has 110 valence electrons. The minimum atomic E-state index is -0.847. The van der Waals surface area contributed by atoms with Crippen LogP contribution < -0.4 is 5.32 Å². The first-order valence-electron chi connectivity index (χ1n) is 6.80. The zero-order chi connectivity index (χ0) is 14.5. The van der Waals surface area contributed by atoms with Gasteiger partial charge in [-0.15, -0.1) is 0 Å². The van der Waals surface area contributed by atoms with E-state index in [1.807, 2.05) is 0 Å². The van der Waals surface area contributed by atoms with Crippen LogP contribution in [0.25, 0.3) is 0 Å². The van der Waals surface area contributed by atoms with Gasteiger partial charge >= 0.3 is 12.0 Å². The fourth-order valence-electron chi connectivity index (χ4n) is 2.10. The van der Waals surface area contributed by atoms with E-state index in [2.05, 4.69) is 5.32 Å². The van der Waals surface area contributed by atoms with E-state index in [1.54, 1.807) is 18.7 Å². The molecule has 19 heavy (non-hydrogen) atoms. The van der Waals surface area contributed by atoms with Crippen molar-refractivity contribution in [3.63, 3.8) is 0 Å². The molecule has 2 amide bonds. The van der Waals surface area contributed by atoms with E-state index in [1.165, 1.54) is 0 Å². The first kappa shape index (κ1) is 15.8. The van der Waals surface area contributed by atoms with E-state index < -0.39 is 17.5 Å². The van der Waals surface area contributed by atoms with E-state index in [9.17, 15) is 14.7 Å². The molecule has 0 aromatic carbocycles. The van der Waals surface area contributed by atoms with Crippen molar-refractivity contribution in [2.45, 2.75) is 45.1 Å². The number of carboxylic acids is 1. The molecule has 0 aromatic rings. The lowest BCUT2D eigenvalue weighted by molar-refractivity contribution is -0.141. The van der Waals surface area contributed by atoms with Crippen LogP contribution in [0.2, 0.25) is 0 Å². The second-order valence-electron chi connectivity index (χ2n) is 5.60. The molecule has 1 saturated heterocycles. The number of aliphatic carboxylic acids is 1. The standard InChI is InChI=1S/C13H24N2O4/c1-10(11(16)17)4-7-14-12(18)15-8-3-5-13(2,19)6-9-15/h10,19H,3-9H2,1-2H3,(H,14,18)(H,16,17). The van der Waals surface area contributed by atoms with Crippen LogP contribution in [0.3, 0.4) is 0 Å². The van der Waals surface area contributed by atoms with E-state index in [-0.39, 0.29) is 6.03 Å². The number of nitrogens with zero attached hydrogens (tertiary/aromatic N) is 1. The average molecular weight is 272 g/mol. The van der Waals surface area contributed by atoms with Gasteiger partial charge in [-0.25, -0.2) is 4.79 Å². The molecule has 6 heteroatoms. The van der Waals surface area contributed by atoms with Crippen LogP contribution in [-0.4, -0.2) is 52.3 Å². The Morgan fingerprint density at radius 3 is 2.68 bits per heavy atom. The number of rotatable bonds is 4. The smallest absolute Gasteiger partial charge is 0.317 e. The molecule has 0 spiro atoms. The summed E-state index contributed by atoms with van der Waals surface area (Å²) >= 11 is 0. The van der Waals surface area contributed by atoms with Crippen molar-refractivity contribution in [3.05, 3.63) is 0 Å². The van der Waals surface area contributed by atoms with Crippen molar-refractivity contribution in [2.75, 3.05) is 19.6 Å². The fraction of sp³-hybridized carbons (Fsp3) is 0.846. The molecule has 1 rings (SSSR count). The van der Waals surface area contributed by atoms with Gasteiger partial charge in [0.05, 0.1) is 11.5 Å². The lowest BCUT2D eigenvalue weighted by atomic mass is 9.98. The van der Waals surface area contributed by atoms with Crippen molar-refractivity contribution in [1.29, 1.82) is 0 Å². The number of likely N-dealkylation sites (tertiary alicyclic amines) is 1. The van der Waals surface area contributed by atoms with Crippen molar-refractivity contribution in [2.24, 2.45) is 5.92 Å². The van der Waals surface area contributed by atoms with Crippen LogP contribution >= 0.6 is 0 Å². The molecule has 1 fully saturated rings. The van der Waals surface area contributed by atoms with Gasteiger partial charge in [0.25, 0.3) is 0 Å². The number of carboxylic acid groups (broad SMARTS) is 1. The summed E-state index contributed by atoms with van der Waals surface area (Å²) in [5, 5.41) is 21.4. The molecule has 1 heterocycles. The Morgan fingerprint density at radius 2 is 2.05 bits per heavy atom. The van der Waals surface area contributed by atoms with Crippen LogP contribution in [0.1, 0.15) is 39.5 Å². The second kappa shape index (κ2) is 6.75. The van der Waals surface area contributed by atoms with Gasteiger partial charge in [0, 0.05) is 19.6 Å². The van der Waals surface area contributed by atoms with Crippen LogP contribution in [0.15, 0.2) is 0 Å². The molecule has 1 aliphatic rings. The predicted octanol–water partition coefficient (Wildman–Crippen LogP) is 1.04. The monoisotopic (exact) mass is 272 g/mol. The molecule has 0 radical (unpaired) electrons. The summed E-state index contributed by atoms with van der Waals surface area (Å²) in [6, 6.07) is -0.171. The Balaban J connectivity index is 2.31. The number of hydrogen-bond donors (Lipinski definition) is 3. The highest BCUT2D eigenvalue weighted by molar-refractivity contribution is 5.74. The number of hydrogen-bond acceptors (Lipinski definition) is 3. The van der Waals surface area contributed by atoms with Crippen molar-refractivity contribution in [3.8, 4) is 0 Å². The van der Waals surface area contributed by atoms with Crippen molar-refractivity contribution >= 4 is 12.0 Å². The molecule has 0 aliphatic carbocycles.